The highest BCUT2D eigenvalue weighted by Crippen LogP contribution is 2.23. The van der Waals surface area contributed by atoms with Crippen LogP contribution in [-0.2, 0) is 11.3 Å². The summed E-state index contributed by atoms with van der Waals surface area (Å²) in [6.07, 6.45) is 2.72. The van der Waals surface area contributed by atoms with Gasteiger partial charge in [0.15, 0.2) is 0 Å². The first-order valence-corrected chi connectivity index (χ1v) is 9.56. The van der Waals surface area contributed by atoms with Crippen molar-refractivity contribution in [3.05, 3.63) is 40.9 Å². The number of piperidine rings is 1. The van der Waals surface area contributed by atoms with Crippen molar-refractivity contribution in [1.29, 1.82) is 0 Å². The van der Waals surface area contributed by atoms with Crippen molar-refractivity contribution in [2.45, 2.75) is 38.8 Å². The Morgan fingerprint density at radius 1 is 1.32 bits per heavy atom. The summed E-state index contributed by atoms with van der Waals surface area (Å²) in [5, 5.41) is 12.0. The summed E-state index contributed by atoms with van der Waals surface area (Å²) in [6.45, 7) is 5.01. The van der Waals surface area contributed by atoms with Gasteiger partial charge in [-0.1, -0.05) is 41.7 Å². The van der Waals surface area contributed by atoms with E-state index in [1.54, 1.807) is 0 Å². The molecule has 2 heterocycles. The molecule has 1 aliphatic rings. The molecular weight excluding hydrogens is 334 g/mol. The van der Waals surface area contributed by atoms with Gasteiger partial charge in [-0.3, -0.25) is 9.69 Å². The SMILES string of the molecule is C[C@@H](NC(=O)CC1CCN(Cc2ccccc2)CC1)c1nnc(N)s1. The lowest BCUT2D eigenvalue weighted by molar-refractivity contribution is -0.123. The molecule has 0 spiro atoms. The van der Waals surface area contributed by atoms with Crippen molar-refractivity contribution in [2.24, 2.45) is 5.92 Å². The molecule has 1 saturated heterocycles. The maximum absolute atomic E-state index is 12.3. The van der Waals surface area contributed by atoms with Crippen LogP contribution >= 0.6 is 11.3 Å². The van der Waals surface area contributed by atoms with Crippen molar-refractivity contribution in [3.63, 3.8) is 0 Å². The Kier molecular flexibility index (Phi) is 5.99. The molecule has 0 unspecified atom stereocenters. The molecule has 1 aromatic carbocycles. The minimum Gasteiger partial charge on any atom is -0.374 e. The third kappa shape index (κ3) is 5.24. The number of rotatable bonds is 6. The van der Waals surface area contributed by atoms with Crippen molar-refractivity contribution in [2.75, 3.05) is 18.8 Å². The highest BCUT2D eigenvalue weighted by molar-refractivity contribution is 7.15. The Bertz CT molecular complexity index is 682. The topological polar surface area (TPSA) is 84.1 Å². The van der Waals surface area contributed by atoms with E-state index < -0.39 is 0 Å². The molecule has 0 aliphatic carbocycles. The lowest BCUT2D eigenvalue weighted by atomic mass is 9.93. The Morgan fingerprint density at radius 2 is 2.04 bits per heavy atom. The zero-order chi connectivity index (χ0) is 17.6. The summed E-state index contributed by atoms with van der Waals surface area (Å²) < 4.78 is 0. The Morgan fingerprint density at radius 3 is 2.68 bits per heavy atom. The van der Waals surface area contributed by atoms with Gasteiger partial charge in [0.25, 0.3) is 0 Å². The Labute approximate surface area is 152 Å². The van der Waals surface area contributed by atoms with Gasteiger partial charge in [0, 0.05) is 13.0 Å². The zero-order valence-electron chi connectivity index (χ0n) is 14.5. The molecule has 1 aromatic heterocycles. The fraction of sp³-hybridized carbons (Fsp3) is 0.500. The maximum Gasteiger partial charge on any atom is 0.220 e. The second kappa shape index (κ2) is 8.40. The average molecular weight is 359 g/mol. The second-order valence-corrected chi connectivity index (χ2v) is 7.72. The van der Waals surface area contributed by atoms with Crippen LogP contribution in [0.4, 0.5) is 5.13 Å². The molecule has 1 aliphatic heterocycles. The van der Waals surface area contributed by atoms with Crippen LogP contribution in [0.3, 0.4) is 0 Å². The largest absolute Gasteiger partial charge is 0.374 e. The first-order chi connectivity index (χ1) is 12.1. The first kappa shape index (κ1) is 17.8. The number of likely N-dealkylation sites (tertiary alicyclic amines) is 1. The predicted molar refractivity (Wildman–Crippen MR) is 99.9 cm³/mol. The molecule has 0 bridgehead atoms. The smallest absolute Gasteiger partial charge is 0.220 e. The van der Waals surface area contributed by atoms with Gasteiger partial charge >= 0.3 is 0 Å². The number of anilines is 1. The van der Waals surface area contributed by atoms with Gasteiger partial charge in [0.2, 0.25) is 11.0 Å². The van der Waals surface area contributed by atoms with E-state index in [1.807, 2.05) is 13.0 Å². The molecule has 0 radical (unpaired) electrons. The van der Waals surface area contributed by atoms with Crippen molar-refractivity contribution >= 4 is 22.4 Å². The van der Waals surface area contributed by atoms with Crippen molar-refractivity contribution in [3.8, 4) is 0 Å². The highest BCUT2D eigenvalue weighted by Gasteiger charge is 2.23. The molecule has 1 fully saturated rings. The average Bonchev–Trinajstić information content (AvgIpc) is 3.04. The van der Waals surface area contributed by atoms with Crippen LogP contribution in [0.1, 0.15) is 42.8 Å². The highest BCUT2D eigenvalue weighted by atomic mass is 32.1. The molecule has 134 valence electrons. The first-order valence-electron chi connectivity index (χ1n) is 8.74. The lowest BCUT2D eigenvalue weighted by Gasteiger charge is -2.31. The number of nitrogens with zero attached hydrogens (tertiary/aromatic N) is 3. The van der Waals surface area contributed by atoms with E-state index in [4.69, 9.17) is 5.73 Å². The molecule has 2 aromatic rings. The lowest BCUT2D eigenvalue weighted by Crippen LogP contribution is -2.36. The molecular formula is C18H25N5OS. The molecule has 1 atom stereocenters. The molecule has 0 saturated carbocycles. The Balaban J connectivity index is 1.40. The molecule has 1 amide bonds. The molecule has 3 rings (SSSR count). The Hall–Kier alpha value is -1.99. The van der Waals surface area contributed by atoms with Gasteiger partial charge in [-0.15, -0.1) is 10.2 Å². The predicted octanol–water partition coefficient (Wildman–Crippen LogP) is 2.60. The number of aromatic nitrogens is 2. The van der Waals surface area contributed by atoms with Gasteiger partial charge < -0.3 is 11.1 Å². The number of hydrogen-bond acceptors (Lipinski definition) is 6. The van der Waals surface area contributed by atoms with E-state index in [2.05, 4.69) is 44.7 Å². The fourth-order valence-corrected chi connectivity index (χ4v) is 3.85. The summed E-state index contributed by atoms with van der Waals surface area (Å²) in [5.74, 6) is 0.543. The van der Waals surface area contributed by atoms with E-state index >= 15 is 0 Å². The van der Waals surface area contributed by atoms with Gasteiger partial charge in [0.05, 0.1) is 6.04 Å². The van der Waals surface area contributed by atoms with Crippen LogP contribution < -0.4 is 11.1 Å². The fourth-order valence-electron chi connectivity index (χ4n) is 3.24. The van der Waals surface area contributed by atoms with E-state index in [1.165, 1.54) is 16.9 Å². The summed E-state index contributed by atoms with van der Waals surface area (Å²) >= 11 is 1.32. The molecule has 7 heteroatoms. The number of benzene rings is 1. The van der Waals surface area contributed by atoms with Gasteiger partial charge in [-0.2, -0.15) is 0 Å². The minimum absolute atomic E-state index is 0.0859. The summed E-state index contributed by atoms with van der Waals surface area (Å²) in [4.78, 5) is 14.7. The number of nitrogens with one attached hydrogen (secondary N) is 1. The van der Waals surface area contributed by atoms with E-state index in [9.17, 15) is 4.79 Å². The van der Waals surface area contributed by atoms with Gasteiger partial charge in [0.1, 0.15) is 5.01 Å². The monoisotopic (exact) mass is 359 g/mol. The van der Waals surface area contributed by atoms with E-state index in [0.29, 0.717) is 17.5 Å². The number of carbonyl (C=O) groups excluding carboxylic acids is 1. The zero-order valence-corrected chi connectivity index (χ0v) is 15.3. The summed E-state index contributed by atoms with van der Waals surface area (Å²) in [5.41, 5.74) is 6.94. The number of hydrogen-bond donors (Lipinski definition) is 2. The van der Waals surface area contributed by atoms with Crippen molar-refractivity contribution in [1.82, 2.24) is 20.4 Å². The third-order valence-electron chi connectivity index (χ3n) is 4.63. The van der Waals surface area contributed by atoms with Crippen molar-refractivity contribution < 1.29 is 4.79 Å². The number of carbonyl (C=O) groups is 1. The van der Waals surface area contributed by atoms with Crippen LogP contribution in [0.2, 0.25) is 0 Å². The van der Waals surface area contributed by atoms with Crippen LogP contribution in [0.5, 0.6) is 0 Å². The molecule has 25 heavy (non-hydrogen) atoms. The number of nitrogens with two attached hydrogens (primary N) is 1. The number of nitrogen functional groups attached to an aromatic ring is 1. The summed E-state index contributed by atoms with van der Waals surface area (Å²) in [6, 6.07) is 10.4. The molecule has 6 nitrogen and oxygen atoms in total. The van der Waals surface area contributed by atoms with E-state index in [-0.39, 0.29) is 11.9 Å². The van der Waals surface area contributed by atoms with Gasteiger partial charge in [-0.25, -0.2) is 0 Å². The number of amides is 1. The van der Waals surface area contributed by atoms with Gasteiger partial charge in [-0.05, 0) is 44.3 Å². The maximum atomic E-state index is 12.3. The standard InChI is InChI=1S/C18H25N5OS/c1-13(17-21-22-18(19)25-17)20-16(24)11-14-7-9-23(10-8-14)12-15-5-3-2-4-6-15/h2-6,13-14H,7-12H2,1H3,(H2,19,22)(H,20,24)/t13-/m1/s1. The summed E-state index contributed by atoms with van der Waals surface area (Å²) in [7, 11) is 0. The second-order valence-electron chi connectivity index (χ2n) is 6.68. The van der Waals surface area contributed by atoms with E-state index in [0.717, 1.165) is 37.5 Å². The third-order valence-corrected chi connectivity index (χ3v) is 5.57. The normalized spacial score (nSPS) is 17.3. The van der Waals surface area contributed by atoms with Crippen LogP contribution in [0.25, 0.3) is 0 Å². The molecule has 3 N–H and O–H groups in total. The van der Waals surface area contributed by atoms with Crippen LogP contribution in [0.15, 0.2) is 30.3 Å². The minimum atomic E-state index is -0.138. The quantitative estimate of drug-likeness (QED) is 0.828. The van der Waals surface area contributed by atoms with Crippen LogP contribution in [0, 0.1) is 5.92 Å². The van der Waals surface area contributed by atoms with Crippen LogP contribution in [-0.4, -0.2) is 34.1 Å².